The fourth-order valence-corrected chi connectivity index (χ4v) is 7.06. The Balaban J connectivity index is 1.31. The number of likely N-dealkylation sites (tertiary alicyclic amines) is 1. The molecule has 5 rings (SSSR count). The van der Waals surface area contributed by atoms with Gasteiger partial charge in [-0.3, -0.25) is 4.79 Å². The standard InChI is InChI=1S/C27H34N4O3S/c1-20-8-6-9-21(18-20)24-10-7-17-31(24)27(32)14-13-26-28-23-19-22(11-12-25(23)29(26)2)35(33,34)30-15-4-3-5-16-30/h6,8-9,11-12,18-19,24H,3-5,7,10,13-17H2,1-2H3. The van der Waals surface area contributed by atoms with Gasteiger partial charge in [-0.25, -0.2) is 13.4 Å². The van der Waals surface area contributed by atoms with E-state index in [9.17, 15) is 13.2 Å². The molecule has 2 aliphatic heterocycles. The van der Waals surface area contributed by atoms with Crippen LogP contribution >= 0.6 is 0 Å². The maximum absolute atomic E-state index is 13.2. The third-order valence-corrected chi connectivity index (χ3v) is 9.35. The molecule has 1 atom stereocenters. The smallest absolute Gasteiger partial charge is 0.243 e. The fraction of sp³-hybridized carbons (Fsp3) is 0.481. The number of hydrogen-bond acceptors (Lipinski definition) is 4. The van der Waals surface area contributed by atoms with Crippen LogP contribution in [0, 0.1) is 6.92 Å². The molecule has 1 amide bonds. The summed E-state index contributed by atoms with van der Waals surface area (Å²) in [6.45, 7) is 4.03. The quantitative estimate of drug-likeness (QED) is 0.511. The highest BCUT2D eigenvalue weighted by molar-refractivity contribution is 7.89. The molecule has 0 radical (unpaired) electrons. The van der Waals surface area contributed by atoms with Crippen LogP contribution in [-0.2, 0) is 28.3 Å². The van der Waals surface area contributed by atoms with Crippen molar-refractivity contribution < 1.29 is 13.2 Å². The Bertz CT molecular complexity index is 1340. The van der Waals surface area contributed by atoms with E-state index in [1.54, 1.807) is 16.4 Å². The molecule has 0 spiro atoms. The lowest BCUT2D eigenvalue weighted by atomic mass is 10.0. The van der Waals surface area contributed by atoms with Crippen molar-refractivity contribution in [3.63, 3.8) is 0 Å². The molecule has 2 aromatic carbocycles. The number of hydrogen-bond donors (Lipinski definition) is 0. The van der Waals surface area contributed by atoms with Crippen LogP contribution in [0.15, 0.2) is 47.4 Å². The zero-order valence-corrected chi connectivity index (χ0v) is 21.4. The topological polar surface area (TPSA) is 75.5 Å². The minimum absolute atomic E-state index is 0.144. The van der Waals surface area contributed by atoms with Crippen LogP contribution < -0.4 is 0 Å². The second kappa shape index (κ2) is 9.74. The maximum Gasteiger partial charge on any atom is 0.243 e. The van der Waals surface area contributed by atoms with Crippen molar-refractivity contribution in [2.24, 2.45) is 7.05 Å². The van der Waals surface area contributed by atoms with E-state index in [0.717, 1.165) is 50.0 Å². The molecule has 1 unspecified atom stereocenters. The molecule has 3 aromatic rings. The molecular formula is C27H34N4O3S. The van der Waals surface area contributed by atoms with E-state index in [1.165, 1.54) is 11.1 Å². The molecule has 1 aromatic heterocycles. The monoisotopic (exact) mass is 494 g/mol. The number of rotatable bonds is 6. The molecule has 3 heterocycles. The summed E-state index contributed by atoms with van der Waals surface area (Å²) in [4.78, 5) is 20.2. The summed E-state index contributed by atoms with van der Waals surface area (Å²) in [6, 6.07) is 13.8. The number of aromatic nitrogens is 2. The molecule has 2 fully saturated rings. The van der Waals surface area contributed by atoms with Gasteiger partial charge in [0.15, 0.2) is 0 Å². The molecule has 2 aliphatic rings. The van der Waals surface area contributed by atoms with Crippen molar-refractivity contribution in [1.29, 1.82) is 0 Å². The van der Waals surface area contributed by atoms with Crippen LogP contribution in [0.25, 0.3) is 11.0 Å². The van der Waals surface area contributed by atoms with Gasteiger partial charge in [-0.2, -0.15) is 4.31 Å². The van der Waals surface area contributed by atoms with Gasteiger partial charge in [0.2, 0.25) is 15.9 Å². The van der Waals surface area contributed by atoms with Crippen molar-refractivity contribution in [3.05, 3.63) is 59.4 Å². The molecule has 7 nitrogen and oxygen atoms in total. The predicted octanol–water partition coefficient (Wildman–Crippen LogP) is 4.35. The van der Waals surface area contributed by atoms with Crippen LogP contribution in [0.3, 0.4) is 0 Å². The number of fused-ring (bicyclic) bond motifs is 1. The van der Waals surface area contributed by atoms with Gasteiger partial charge in [-0.05, 0) is 56.4 Å². The largest absolute Gasteiger partial charge is 0.336 e. The summed E-state index contributed by atoms with van der Waals surface area (Å²) in [7, 11) is -1.58. The fourth-order valence-electron chi connectivity index (χ4n) is 5.52. The molecule has 8 heteroatoms. The van der Waals surface area contributed by atoms with E-state index in [0.29, 0.717) is 36.3 Å². The number of nitrogens with zero attached hydrogens (tertiary/aromatic N) is 4. The van der Waals surface area contributed by atoms with E-state index in [4.69, 9.17) is 4.98 Å². The number of imidazole rings is 1. The van der Waals surface area contributed by atoms with E-state index in [2.05, 4.69) is 31.2 Å². The van der Waals surface area contributed by atoms with Gasteiger partial charge in [0.05, 0.1) is 22.0 Å². The van der Waals surface area contributed by atoms with Crippen molar-refractivity contribution in [1.82, 2.24) is 18.8 Å². The minimum Gasteiger partial charge on any atom is -0.336 e. The number of carbonyl (C=O) groups excluding carboxylic acids is 1. The highest BCUT2D eigenvalue weighted by Crippen LogP contribution is 2.33. The second-order valence-corrected chi connectivity index (χ2v) is 11.8. The Morgan fingerprint density at radius 2 is 1.83 bits per heavy atom. The molecular weight excluding hydrogens is 460 g/mol. The molecule has 186 valence electrons. The first kappa shape index (κ1) is 24.0. The summed E-state index contributed by atoms with van der Waals surface area (Å²) in [5.74, 6) is 0.946. The molecule has 35 heavy (non-hydrogen) atoms. The lowest BCUT2D eigenvalue weighted by Crippen LogP contribution is -2.35. The van der Waals surface area contributed by atoms with Crippen molar-refractivity contribution in [2.75, 3.05) is 19.6 Å². The number of aryl methyl sites for hydroxylation is 3. The Hall–Kier alpha value is -2.71. The normalized spacial score (nSPS) is 19.5. The first-order valence-electron chi connectivity index (χ1n) is 12.7. The predicted molar refractivity (Wildman–Crippen MR) is 137 cm³/mol. The van der Waals surface area contributed by atoms with E-state index < -0.39 is 10.0 Å². The molecule has 0 saturated carbocycles. The van der Waals surface area contributed by atoms with Gasteiger partial charge in [0.1, 0.15) is 5.82 Å². The van der Waals surface area contributed by atoms with Gasteiger partial charge in [0, 0.05) is 39.5 Å². The summed E-state index contributed by atoms with van der Waals surface area (Å²) in [6.07, 6.45) is 5.82. The first-order chi connectivity index (χ1) is 16.8. The van der Waals surface area contributed by atoms with Gasteiger partial charge in [0.25, 0.3) is 0 Å². The Morgan fingerprint density at radius 1 is 1.03 bits per heavy atom. The van der Waals surface area contributed by atoms with Gasteiger partial charge >= 0.3 is 0 Å². The van der Waals surface area contributed by atoms with E-state index in [-0.39, 0.29) is 11.9 Å². The van der Waals surface area contributed by atoms with Crippen LogP contribution in [-0.4, -0.2) is 52.7 Å². The minimum atomic E-state index is -3.51. The summed E-state index contributed by atoms with van der Waals surface area (Å²) >= 11 is 0. The van der Waals surface area contributed by atoms with Crippen LogP contribution in [0.1, 0.15) is 61.5 Å². The lowest BCUT2D eigenvalue weighted by Gasteiger charge is -2.25. The average molecular weight is 495 g/mol. The second-order valence-electron chi connectivity index (χ2n) is 9.86. The number of benzene rings is 2. The highest BCUT2D eigenvalue weighted by Gasteiger charge is 2.30. The summed E-state index contributed by atoms with van der Waals surface area (Å²) in [5, 5.41) is 0. The number of carbonyl (C=O) groups is 1. The first-order valence-corrected chi connectivity index (χ1v) is 14.1. The molecule has 0 aliphatic carbocycles. The van der Waals surface area contributed by atoms with Crippen LogP contribution in [0.5, 0.6) is 0 Å². The summed E-state index contributed by atoms with van der Waals surface area (Å²) < 4.78 is 29.7. The maximum atomic E-state index is 13.2. The third kappa shape index (κ3) is 4.74. The van der Waals surface area contributed by atoms with Gasteiger partial charge in [-0.1, -0.05) is 36.2 Å². The lowest BCUT2D eigenvalue weighted by molar-refractivity contribution is -0.132. The Labute approximate surface area is 207 Å². The Morgan fingerprint density at radius 3 is 2.60 bits per heavy atom. The van der Waals surface area contributed by atoms with E-state index >= 15 is 0 Å². The van der Waals surface area contributed by atoms with Crippen molar-refractivity contribution >= 4 is 27.0 Å². The number of piperidine rings is 1. The zero-order valence-electron chi connectivity index (χ0n) is 20.6. The average Bonchev–Trinajstić information content (AvgIpc) is 3.48. The third-order valence-electron chi connectivity index (χ3n) is 7.46. The SMILES string of the molecule is Cc1cccc(C2CCCN2C(=O)CCc2nc3cc(S(=O)(=O)N4CCCCC4)ccc3n2C)c1. The molecule has 0 N–H and O–H groups in total. The Kier molecular flexibility index (Phi) is 6.68. The highest BCUT2D eigenvalue weighted by atomic mass is 32.2. The van der Waals surface area contributed by atoms with Gasteiger partial charge in [-0.15, -0.1) is 0 Å². The van der Waals surface area contributed by atoms with Gasteiger partial charge < -0.3 is 9.47 Å². The number of amides is 1. The van der Waals surface area contributed by atoms with Crippen molar-refractivity contribution in [3.8, 4) is 0 Å². The zero-order chi connectivity index (χ0) is 24.6. The van der Waals surface area contributed by atoms with Crippen molar-refractivity contribution in [2.45, 2.75) is 62.8 Å². The molecule has 0 bridgehead atoms. The van der Waals surface area contributed by atoms with Crippen LogP contribution in [0.2, 0.25) is 0 Å². The molecule has 2 saturated heterocycles. The van der Waals surface area contributed by atoms with E-state index in [1.807, 2.05) is 22.6 Å². The summed E-state index contributed by atoms with van der Waals surface area (Å²) in [5.41, 5.74) is 3.96. The number of sulfonamides is 1. The van der Waals surface area contributed by atoms with Crippen LogP contribution in [0.4, 0.5) is 0 Å².